The van der Waals surface area contributed by atoms with Crippen LogP contribution >= 0.6 is 0 Å². The zero-order valence-electron chi connectivity index (χ0n) is 10.9. The molecular weight excluding hydrogens is 248 g/mol. The smallest absolute Gasteiger partial charge is 0.0688 e. The summed E-state index contributed by atoms with van der Waals surface area (Å²) in [4.78, 5) is 8.25. The zero-order valence-corrected chi connectivity index (χ0v) is 10.9. The minimum absolute atomic E-state index is 0.00166. The maximum absolute atomic E-state index is 9.62. The Hall–Kier alpha value is -2.52. The van der Waals surface area contributed by atoms with Crippen LogP contribution in [-0.2, 0) is 6.61 Å². The van der Waals surface area contributed by atoms with E-state index in [1.54, 1.807) is 18.6 Å². The van der Waals surface area contributed by atoms with Crippen molar-refractivity contribution in [3.05, 3.63) is 72.8 Å². The molecule has 2 heterocycles. The number of aromatic nitrogens is 2. The quantitative estimate of drug-likeness (QED) is 0.787. The van der Waals surface area contributed by atoms with Crippen molar-refractivity contribution in [3.63, 3.8) is 0 Å². The van der Waals surface area contributed by atoms with E-state index in [4.69, 9.17) is 0 Å². The maximum Gasteiger partial charge on any atom is 0.0688 e. The van der Waals surface area contributed by atoms with Crippen LogP contribution in [0.2, 0.25) is 0 Å². The summed E-state index contributed by atoms with van der Waals surface area (Å²) >= 11 is 0. The summed E-state index contributed by atoms with van der Waals surface area (Å²) in [5.74, 6) is 0. The van der Waals surface area contributed by atoms with E-state index in [1.165, 1.54) is 0 Å². The third-order valence-electron chi connectivity index (χ3n) is 3.24. The van der Waals surface area contributed by atoms with Gasteiger partial charge in [0.1, 0.15) is 0 Å². The molecule has 98 valence electrons. The summed E-state index contributed by atoms with van der Waals surface area (Å²) in [5, 5.41) is 9.62. The highest BCUT2D eigenvalue weighted by Gasteiger charge is 2.07. The van der Waals surface area contributed by atoms with Gasteiger partial charge in [-0.05, 0) is 40.5 Å². The van der Waals surface area contributed by atoms with E-state index in [0.29, 0.717) is 0 Å². The van der Waals surface area contributed by atoms with Gasteiger partial charge in [0, 0.05) is 30.4 Å². The van der Waals surface area contributed by atoms with Crippen molar-refractivity contribution < 1.29 is 5.11 Å². The summed E-state index contributed by atoms with van der Waals surface area (Å²) in [5.41, 5.74) is 5.00. The van der Waals surface area contributed by atoms with Crippen molar-refractivity contribution in [1.29, 1.82) is 0 Å². The first kappa shape index (κ1) is 12.5. The summed E-state index contributed by atoms with van der Waals surface area (Å²) in [6, 6.07) is 13.9. The lowest BCUT2D eigenvalue weighted by Gasteiger charge is -2.10. The molecule has 0 aliphatic carbocycles. The number of benzene rings is 1. The topological polar surface area (TPSA) is 46.0 Å². The van der Waals surface area contributed by atoms with E-state index >= 15 is 0 Å². The largest absolute Gasteiger partial charge is 0.392 e. The van der Waals surface area contributed by atoms with E-state index < -0.39 is 0 Å². The van der Waals surface area contributed by atoms with Crippen molar-refractivity contribution >= 4 is 0 Å². The average molecular weight is 262 g/mol. The van der Waals surface area contributed by atoms with Crippen LogP contribution < -0.4 is 0 Å². The first-order chi connectivity index (χ1) is 9.88. The fraction of sp³-hybridized carbons (Fsp3) is 0.0588. The number of aliphatic hydroxyl groups excluding tert-OH is 1. The molecule has 0 aliphatic heterocycles. The van der Waals surface area contributed by atoms with Gasteiger partial charge in [-0.15, -0.1) is 0 Å². The zero-order chi connectivity index (χ0) is 13.8. The second-order valence-corrected chi connectivity index (χ2v) is 4.51. The number of hydrogen-bond acceptors (Lipinski definition) is 3. The molecule has 0 bridgehead atoms. The van der Waals surface area contributed by atoms with Gasteiger partial charge in [-0.1, -0.05) is 24.3 Å². The van der Waals surface area contributed by atoms with Gasteiger partial charge in [-0.2, -0.15) is 0 Å². The molecule has 0 spiro atoms. The Balaban J connectivity index is 2.07. The third kappa shape index (κ3) is 2.44. The van der Waals surface area contributed by atoms with Crippen LogP contribution in [0.3, 0.4) is 0 Å². The molecule has 0 saturated carbocycles. The monoisotopic (exact) mass is 262 g/mol. The molecule has 0 fully saturated rings. The highest BCUT2D eigenvalue weighted by molar-refractivity contribution is 5.72. The van der Waals surface area contributed by atoms with Gasteiger partial charge in [-0.3, -0.25) is 9.97 Å². The first-order valence-corrected chi connectivity index (χ1v) is 6.43. The van der Waals surface area contributed by atoms with Gasteiger partial charge in [0.05, 0.1) is 6.61 Å². The minimum atomic E-state index is -0.00166. The number of pyridine rings is 2. The number of hydrogen-bond donors (Lipinski definition) is 1. The summed E-state index contributed by atoms with van der Waals surface area (Å²) < 4.78 is 0. The fourth-order valence-corrected chi connectivity index (χ4v) is 2.24. The predicted octanol–water partition coefficient (Wildman–Crippen LogP) is 3.30. The van der Waals surface area contributed by atoms with Crippen molar-refractivity contribution in [2.24, 2.45) is 0 Å². The van der Waals surface area contributed by atoms with E-state index in [-0.39, 0.29) is 6.61 Å². The molecule has 3 rings (SSSR count). The van der Waals surface area contributed by atoms with E-state index in [1.807, 2.05) is 48.7 Å². The van der Waals surface area contributed by atoms with Crippen molar-refractivity contribution in [3.8, 4) is 22.3 Å². The number of aliphatic hydroxyl groups is 1. The lowest BCUT2D eigenvalue weighted by Crippen LogP contribution is -1.91. The molecule has 3 aromatic rings. The van der Waals surface area contributed by atoms with Crippen LogP contribution in [0, 0.1) is 0 Å². The van der Waals surface area contributed by atoms with E-state index in [0.717, 1.165) is 27.8 Å². The molecule has 0 unspecified atom stereocenters. The summed E-state index contributed by atoms with van der Waals surface area (Å²) in [7, 11) is 0. The Morgan fingerprint density at radius 2 is 1.50 bits per heavy atom. The van der Waals surface area contributed by atoms with Gasteiger partial charge < -0.3 is 5.11 Å². The van der Waals surface area contributed by atoms with Crippen LogP contribution in [0.25, 0.3) is 22.3 Å². The van der Waals surface area contributed by atoms with Crippen LogP contribution in [0.5, 0.6) is 0 Å². The highest BCUT2D eigenvalue weighted by Crippen LogP contribution is 2.28. The van der Waals surface area contributed by atoms with E-state index in [2.05, 4.69) is 9.97 Å². The normalized spacial score (nSPS) is 10.4. The van der Waals surface area contributed by atoms with E-state index in [9.17, 15) is 5.11 Å². The second kappa shape index (κ2) is 5.63. The van der Waals surface area contributed by atoms with Crippen LogP contribution in [0.15, 0.2) is 67.3 Å². The Kier molecular flexibility index (Phi) is 3.52. The van der Waals surface area contributed by atoms with Crippen LogP contribution in [0.4, 0.5) is 0 Å². The Bertz CT molecular complexity index is 697. The SMILES string of the molecule is OCc1cc(-c2cccnc2)ccc1-c1cccnc1. The molecule has 0 saturated heterocycles. The molecule has 1 aromatic carbocycles. The maximum atomic E-state index is 9.62. The standard InChI is InChI=1S/C17H14N2O/c20-12-16-9-13(14-3-1-7-18-10-14)5-6-17(16)15-4-2-8-19-11-15/h1-11,20H,12H2. The van der Waals surface area contributed by atoms with Gasteiger partial charge in [-0.25, -0.2) is 0 Å². The first-order valence-electron chi connectivity index (χ1n) is 6.43. The average Bonchev–Trinajstić information content (AvgIpc) is 2.56. The molecule has 0 atom stereocenters. The van der Waals surface area contributed by atoms with Crippen molar-refractivity contribution in [1.82, 2.24) is 9.97 Å². The molecule has 1 N–H and O–H groups in total. The number of rotatable bonds is 3. The Morgan fingerprint density at radius 3 is 2.10 bits per heavy atom. The number of nitrogens with zero attached hydrogens (tertiary/aromatic N) is 2. The molecule has 20 heavy (non-hydrogen) atoms. The van der Waals surface area contributed by atoms with Crippen molar-refractivity contribution in [2.45, 2.75) is 6.61 Å². The predicted molar refractivity (Wildman–Crippen MR) is 78.8 cm³/mol. The molecular formula is C17H14N2O. The molecule has 0 radical (unpaired) electrons. The molecule has 3 nitrogen and oxygen atoms in total. The molecule has 0 amide bonds. The molecule has 3 heteroatoms. The minimum Gasteiger partial charge on any atom is -0.392 e. The van der Waals surface area contributed by atoms with Gasteiger partial charge in [0.2, 0.25) is 0 Å². The highest BCUT2D eigenvalue weighted by atomic mass is 16.3. The van der Waals surface area contributed by atoms with Crippen LogP contribution in [-0.4, -0.2) is 15.1 Å². The summed E-state index contributed by atoms with van der Waals surface area (Å²) in [6.45, 7) is -0.00166. The van der Waals surface area contributed by atoms with Gasteiger partial charge >= 0.3 is 0 Å². The molecule has 0 aliphatic rings. The fourth-order valence-electron chi connectivity index (χ4n) is 2.24. The van der Waals surface area contributed by atoms with Crippen LogP contribution in [0.1, 0.15) is 5.56 Å². The Morgan fingerprint density at radius 1 is 0.800 bits per heavy atom. The van der Waals surface area contributed by atoms with Gasteiger partial charge in [0.25, 0.3) is 0 Å². The lowest BCUT2D eigenvalue weighted by atomic mass is 9.97. The second-order valence-electron chi connectivity index (χ2n) is 4.51. The lowest BCUT2D eigenvalue weighted by molar-refractivity contribution is 0.282. The Labute approximate surface area is 117 Å². The molecule has 2 aromatic heterocycles. The van der Waals surface area contributed by atoms with Gasteiger partial charge in [0.15, 0.2) is 0 Å². The third-order valence-corrected chi connectivity index (χ3v) is 3.24. The van der Waals surface area contributed by atoms with Crippen molar-refractivity contribution in [2.75, 3.05) is 0 Å². The summed E-state index contributed by atoms with van der Waals surface area (Å²) in [6.07, 6.45) is 7.12.